The number of aliphatic hydroxyl groups excluding tert-OH is 1. The first-order chi connectivity index (χ1) is 9.53. The van der Waals surface area contributed by atoms with Crippen LogP contribution in [0.3, 0.4) is 0 Å². The van der Waals surface area contributed by atoms with Crippen molar-refractivity contribution in [3.05, 3.63) is 29.8 Å². The second kappa shape index (κ2) is 6.35. The lowest BCUT2D eigenvalue weighted by molar-refractivity contribution is 0.0724. The summed E-state index contributed by atoms with van der Waals surface area (Å²) in [6.07, 6.45) is 3.15. The van der Waals surface area contributed by atoms with Gasteiger partial charge in [-0.25, -0.2) is 13.1 Å². The normalized spacial score (nSPS) is 23.2. The molecule has 1 aromatic rings. The molecule has 1 fully saturated rings. The molecule has 1 saturated carbocycles. The molecule has 2 rings (SSSR count). The van der Waals surface area contributed by atoms with Crippen molar-refractivity contribution >= 4 is 10.0 Å². The molecular weight excluding hydrogens is 276 g/mol. The number of sulfonamides is 1. The van der Waals surface area contributed by atoms with Crippen LogP contribution in [0.25, 0.3) is 0 Å². The highest BCUT2D eigenvalue weighted by molar-refractivity contribution is 7.89. The number of hydrogen-bond donors (Lipinski definition) is 2. The molecular formula is C14H18N2O3S. The Balaban J connectivity index is 2.05. The van der Waals surface area contributed by atoms with Gasteiger partial charge in [-0.2, -0.15) is 5.26 Å². The van der Waals surface area contributed by atoms with Gasteiger partial charge >= 0.3 is 0 Å². The van der Waals surface area contributed by atoms with Gasteiger partial charge < -0.3 is 5.11 Å². The molecule has 2 N–H and O–H groups in total. The number of aliphatic hydroxyl groups is 1. The van der Waals surface area contributed by atoms with Crippen LogP contribution >= 0.6 is 0 Å². The minimum atomic E-state index is -3.63. The van der Waals surface area contributed by atoms with E-state index < -0.39 is 16.1 Å². The largest absolute Gasteiger partial charge is 0.393 e. The molecule has 20 heavy (non-hydrogen) atoms. The Hall–Kier alpha value is -1.42. The maximum absolute atomic E-state index is 12.1. The highest BCUT2D eigenvalue weighted by Crippen LogP contribution is 2.24. The first kappa shape index (κ1) is 15.0. The smallest absolute Gasteiger partial charge is 0.240 e. The topological polar surface area (TPSA) is 90.2 Å². The van der Waals surface area contributed by atoms with Gasteiger partial charge in [-0.05, 0) is 37.0 Å². The standard InChI is InChI=1S/C14H18N2O3S/c15-9-11-4-3-6-13(8-11)20(18,19)16-10-12-5-1-2-7-14(12)17/h3-4,6,8,12,14,16-17H,1-2,5,7,10H2. The van der Waals surface area contributed by atoms with E-state index >= 15 is 0 Å². The lowest BCUT2D eigenvalue weighted by atomic mass is 9.87. The van der Waals surface area contributed by atoms with Gasteiger partial charge in [-0.1, -0.05) is 18.9 Å². The summed E-state index contributed by atoms with van der Waals surface area (Å²) in [7, 11) is -3.63. The van der Waals surface area contributed by atoms with Crippen molar-refractivity contribution in [2.45, 2.75) is 36.7 Å². The van der Waals surface area contributed by atoms with E-state index in [1.807, 2.05) is 6.07 Å². The molecule has 1 aliphatic rings. The molecule has 0 radical (unpaired) electrons. The van der Waals surface area contributed by atoms with Crippen molar-refractivity contribution in [3.63, 3.8) is 0 Å². The average Bonchev–Trinajstić information content (AvgIpc) is 2.46. The van der Waals surface area contributed by atoms with Crippen molar-refractivity contribution in [1.29, 1.82) is 5.26 Å². The van der Waals surface area contributed by atoms with E-state index in [-0.39, 0.29) is 17.4 Å². The van der Waals surface area contributed by atoms with Gasteiger partial charge in [0.1, 0.15) is 0 Å². The van der Waals surface area contributed by atoms with Crippen LogP contribution in [-0.2, 0) is 10.0 Å². The zero-order valence-corrected chi connectivity index (χ0v) is 11.9. The van der Waals surface area contributed by atoms with Crippen LogP contribution in [0.5, 0.6) is 0 Å². The molecule has 2 atom stereocenters. The van der Waals surface area contributed by atoms with E-state index in [0.29, 0.717) is 5.56 Å². The minimum absolute atomic E-state index is 0.0299. The summed E-state index contributed by atoms with van der Waals surface area (Å²) in [5, 5.41) is 18.6. The molecule has 5 nitrogen and oxygen atoms in total. The molecule has 0 amide bonds. The summed E-state index contributed by atoms with van der Waals surface area (Å²) in [4.78, 5) is 0.0850. The fourth-order valence-electron chi connectivity index (χ4n) is 2.46. The maximum atomic E-state index is 12.1. The Morgan fingerprint density at radius 3 is 2.80 bits per heavy atom. The summed E-state index contributed by atoms with van der Waals surface area (Å²) in [5.74, 6) is -0.0299. The second-order valence-corrected chi connectivity index (χ2v) is 6.87. The molecule has 0 aromatic heterocycles. The van der Waals surface area contributed by atoms with Crippen LogP contribution in [0, 0.1) is 17.2 Å². The zero-order valence-electron chi connectivity index (χ0n) is 11.1. The second-order valence-electron chi connectivity index (χ2n) is 5.10. The molecule has 0 aliphatic heterocycles. The fourth-order valence-corrected chi connectivity index (χ4v) is 3.60. The van der Waals surface area contributed by atoms with Gasteiger partial charge in [0.2, 0.25) is 10.0 Å². The summed E-state index contributed by atoms with van der Waals surface area (Å²) < 4.78 is 26.8. The molecule has 0 heterocycles. The van der Waals surface area contributed by atoms with Gasteiger partial charge in [0.15, 0.2) is 0 Å². The SMILES string of the molecule is N#Cc1cccc(S(=O)(=O)NCC2CCCCC2O)c1. The van der Waals surface area contributed by atoms with E-state index in [4.69, 9.17) is 5.26 Å². The minimum Gasteiger partial charge on any atom is -0.393 e. The van der Waals surface area contributed by atoms with Crippen molar-refractivity contribution in [2.24, 2.45) is 5.92 Å². The first-order valence-corrected chi connectivity index (χ1v) is 8.19. The monoisotopic (exact) mass is 294 g/mol. The van der Waals surface area contributed by atoms with E-state index in [2.05, 4.69) is 4.72 Å². The van der Waals surface area contributed by atoms with Crippen LogP contribution in [0.2, 0.25) is 0 Å². The Bertz CT molecular complexity index is 607. The highest BCUT2D eigenvalue weighted by Gasteiger charge is 2.25. The molecule has 1 aliphatic carbocycles. The molecule has 0 spiro atoms. The summed E-state index contributed by atoms with van der Waals surface area (Å²) >= 11 is 0. The van der Waals surface area contributed by atoms with Gasteiger partial charge in [0.25, 0.3) is 0 Å². The van der Waals surface area contributed by atoms with Crippen LogP contribution in [0.4, 0.5) is 0 Å². The number of benzene rings is 1. The maximum Gasteiger partial charge on any atom is 0.240 e. The Morgan fingerprint density at radius 1 is 1.35 bits per heavy atom. The Morgan fingerprint density at radius 2 is 2.10 bits per heavy atom. The number of nitrogens with one attached hydrogen (secondary N) is 1. The van der Waals surface area contributed by atoms with Crippen molar-refractivity contribution in [2.75, 3.05) is 6.54 Å². The predicted octanol–water partition coefficient (Wildman–Crippen LogP) is 1.39. The quantitative estimate of drug-likeness (QED) is 0.878. The van der Waals surface area contributed by atoms with E-state index in [9.17, 15) is 13.5 Å². The lowest BCUT2D eigenvalue weighted by Gasteiger charge is -2.27. The van der Waals surface area contributed by atoms with Crippen LogP contribution in [-0.4, -0.2) is 26.2 Å². The number of hydrogen-bond acceptors (Lipinski definition) is 4. The molecule has 0 saturated heterocycles. The van der Waals surface area contributed by atoms with Crippen molar-refractivity contribution in [3.8, 4) is 6.07 Å². The summed E-state index contributed by atoms with van der Waals surface area (Å²) in [6, 6.07) is 7.83. The third-order valence-electron chi connectivity index (χ3n) is 3.68. The average molecular weight is 294 g/mol. The van der Waals surface area contributed by atoms with Gasteiger partial charge in [-0.15, -0.1) is 0 Å². The van der Waals surface area contributed by atoms with Crippen molar-refractivity contribution < 1.29 is 13.5 Å². The highest BCUT2D eigenvalue weighted by atomic mass is 32.2. The Labute approximate surface area is 119 Å². The van der Waals surface area contributed by atoms with Crippen LogP contribution in [0.15, 0.2) is 29.2 Å². The number of nitriles is 1. The molecule has 2 unspecified atom stereocenters. The number of rotatable bonds is 4. The molecule has 6 heteroatoms. The third kappa shape index (κ3) is 3.57. The molecule has 108 valence electrons. The first-order valence-electron chi connectivity index (χ1n) is 6.71. The predicted molar refractivity (Wildman–Crippen MR) is 74.3 cm³/mol. The fraction of sp³-hybridized carbons (Fsp3) is 0.500. The third-order valence-corrected chi connectivity index (χ3v) is 5.10. The van der Waals surface area contributed by atoms with E-state index in [0.717, 1.165) is 25.7 Å². The van der Waals surface area contributed by atoms with E-state index in [1.165, 1.54) is 12.1 Å². The number of nitrogens with zero attached hydrogens (tertiary/aromatic N) is 1. The molecule has 0 bridgehead atoms. The van der Waals surface area contributed by atoms with Crippen LogP contribution < -0.4 is 4.72 Å². The summed E-state index contributed by atoms with van der Waals surface area (Å²) in [6.45, 7) is 0.236. The van der Waals surface area contributed by atoms with Gasteiger partial charge in [0, 0.05) is 6.54 Å². The van der Waals surface area contributed by atoms with Gasteiger partial charge in [-0.3, -0.25) is 0 Å². The zero-order chi connectivity index (χ0) is 14.6. The van der Waals surface area contributed by atoms with Crippen molar-refractivity contribution in [1.82, 2.24) is 4.72 Å². The lowest BCUT2D eigenvalue weighted by Crippen LogP contribution is -2.36. The molecule has 1 aromatic carbocycles. The van der Waals surface area contributed by atoms with Crippen LogP contribution in [0.1, 0.15) is 31.2 Å². The Kier molecular flexibility index (Phi) is 4.76. The summed E-state index contributed by atoms with van der Waals surface area (Å²) in [5.41, 5.74) is 0.311. The van der Waals surface area contributed by atoms with Gasteiger partial charge in [0.05, 0.1) is 22.6 Å². The van der Waals surface area contributed by atoms with E-state index in [1.54, 1.807) is 12.1 Å².